The Labute approximate surface area is 287 Å². The number of rotatable bonds is 11. The van der Waals surface area contributed by atoms with E-state index < -0.39 is 0 Å². The molecule has 0 atom stereocenters. The summed E-state index contributed by atoms with van der Waals surface area (Å²) in [6.07, 6.45) is 1.61. The Balaban J connectivity index is 1.09. The van der Waals surface area contributed by atoms with Crippen molar-refractivity contribution in [3.8, 4) is 11.5 Å². The molecule has 2 amide bonds. The molecule has 0 aliphatic heterocycles. The molecule has 0 radical (unpaired) electrons. The first-order chi connectivity index (χ1) is 22.2. The molecule has 46 heavy (non-hydrogen) atoms. The minimum atomic E-state index is -0.388. The van der Waals surface area contributed by atoms with Crippen LogP contribution in [-0.2, 0) is 22.4 Å². The predicted molar refractivity (Wildman–Crippen MR) is 189 cm³/mol. The highest BCUT2D eigenvalue weighted by Crippen LogP contribution is 2.17. The van der Waals surface area contributed by atoms with Gasteiger partial charge >= 0.3 is 0 Å². The van der Waals surface area contributed by atoms with Crippen LogP contribution in [0.5, 0.6) is 11.5 Å². The van der Waals surface area contributed by atoms with Crippen molar-refractivity contribution >= 4 is 81.1 Å². The van der Waals surface area contributed by atoms with E-state index in [0.29, 0.717) is 21.5 Å². The molecular formula is C32H30Cl2N6O4S2. The van der Waals surface area contributed by atoms with E-state index >= 15 is 0 Å². The maximum absolute atomic E-state index is 12.1. The zero-order chi connectivity index (χ0) is 32.7. The standard InChI is InChI=1S/C32H30Cl2N6O4S2/c33-23-7-11-25(12-8-23)35-31(45)39-37-29(41)19-43-27-15-3-21(4-16-27)1-2-22-5-17-28(18-6-22)44-20-30(42)38-40-32(46)36-26-13-9-24(34)10-14-26/h3-18H,1-2,19-20H2,(H,37,41)(H,38,42)(H2,35,39,45)(H2,36,40,46). The van der Waals surface area contributed by atoms with Gasteiger partial charge in [0.15, 0.2) is 23.4 Å². The zero-order valence-corrected chi connectivity index (χ0v) is 27.4. The Morgan fingerprint density at radius 1 is 0.522 bits per heavy atom. The average Bonchev–Trinajstić information content (AvgIpc) is 3.06. The maximum Gasteiger partial charge on any atom is 0.276 e. The van der Waals surface area contributed by atoms with Gasteiger partial charge in [-0.25, -0.2) is 0 Å². The first kappa shape index (κ1) is 34.3. The minimum absolute atomic E-state index is 0.183. The van der Waals surface area contributed by atoms with Gasteiger partial charge < -0.3 is 20.1 Å². The van der Waals surface area contributed by atoms with E-state index in [1.807, 2.05) is 48.5 Å². The second-order valence-corrected chi connectivity index (χ2v) is 11.3. The van der Waals surface area contributed by atoms with Gasteiger partial charge in [-0.15, -0.1) is 0 Å². The van der Waals surface area contributed by atoms with Crippen LogP contribution < -0.4 is 41.8 Å². The lowest BCUT2D eigenvalue weighted by molar-refractivity contribution is -0.124. The lowest BCUT2D eigenvalue weighted by Gasteiger charge is -2.12. The highest BCUT2D eigenvalue weighted by atomic mass is 35.5. The SMILES string of the molecule is O=C(COc1ccc(CCc2ccc(OCC(=O)NNC(=S)Nc3ccc(Cl)cc3)cc2)cc1)NNC(=S)Nc1ccc(Cl)cc1. The fourth-order valence-corrected chi connectivity index (χ4v) is 4.40. The van der Waals surface area contributed by atoms with Crippen LogP contribution in [0.25, 0.3) is 0 Å². The van der Waals surface area contributed by atoms with Gasteiger partial charge in [0.1, 0.15) is 11.5 Å². The van der Waals surface area contributed by atoms with Crippen LogP contribution in [0.2, 0.25) is 10.0 Å². The third-order valence-corrected chi connectivity index (χ3v) is 7.04. The fourth-order valence-electron chi connectivity index (χ4n) is 3.81. The molecule has 0 heterocycles. The highest BCUT2D eigenvalue weighted by Gasteiger charge is 2.07. The van der Waals surface area contributed by atoms with Crippen molar-refractivity contribution in [2.45, 2.75) is 12.8 Å². The van der Waals surface area contributed by atoms with E-state index in [0.717, 1.165) is 35.3 Å². The van der Waals surface area contributed by atoms with Crippen molar-refractivity contribution in [1.82, 2.24) is 21.7 Å². The van der Waals surface area contributed by atoms with Crippen LogP contribution in [0.4, 0.5) is 11.4 Å². The van der Waals surface area contributed by atoms with Gasteiger partial charge in [0.25, 0.3) is 11.8 Å². The van der Waals surface area contributed by atoms with Crippen molar-refractivity contribution < 1.29 is 19.1 Å². The maximum atomic E-state index is 12.1. The van der Waals surface area contributed by atoms with Gasteiger partial charge in [0.05, 0.1) is 0 Å². The molecule has 4 aromatic rings. The Bertz CT molecular complexity index is 1500. The Kier molecular flexibility index (Phi) is 13.2. The summed E-state index contributed by atoms with van der Waals surface area (Å²) in [6.45, 7) is -0.366. The summed E-state index contributed by atoms with van der Waals surface area (Å²) >= 11 is 22.1. The Morgan fingerprint density at radius 3 is 1.22 bits per heavy atom. The number of hydrogen-bond donors (Lipinski definition) is 6. The number of aryl methyl sites for hydroxylation is 2. The number of thiocarbonyl (C=S) groups is 2. The van der Waals surface area contributed by atoms with Crippen LogP contribution in [0.15, 0.2) is 97.1 Å². The van der Waals surface area contributed by atoms with Gasteiger partial charge in [-0.3, -0.25) is 31.3 Å². The second kappa shape index (κ2) is 17.8. The summed E-state index contributed by atoms with van der Waals surface area (Å²) in [7, 11) is 0. The quantitative estimate of drug-likeness (QED) is 0.0876. The number of hydrazine groups is 2. The summed E-state index contributed by atoms with van der Waals surface area (Å²) in [5.74, 6) is 0.365. The molecule has 4 aromatic carbocycles. The second-order valence-electron chi connectivity index (χ2n) is 9.63. The molecule has 0 saturated carbocycles. The first-order valence-electron chi connectivity index (χ1n) is 13.9. The number of carbonyl (C=O) groups is 2. The normalized spacial score (nSPS) is 10.2. The number of halogens is 2. The molecule has 238 valence electrons. The van der Waals surface area contributed by atoms with E-state index in [-0.39, 0.29) is 35.3 Å². The number of anilines is 2. The van der Waals surface area contributed by atoms with Crippen molar-refractivity contribution in [2.24, 2.45) is 0 Å². The molecule has 14 heteroatoms. The van der Waals surface area contributed by atoms with E-state index in [4.69, 9.17) is 57.1 Å². The van der Waals surface area contributed by atoms with Gasteiger partial charge in [0, 0.05) is 21.4 Å². The van der Waals surface area contributed by atoms with Gasteiger partial charge in [-0.1, -0.05) is 47.5 Å². The molecule has 10 nitrogen and oxygen atoms in total. The molecule has 0 fully saturated rings. The minimum Gasteiger partial charge on any atom is -0.484 e. The summed E-state index contributed by atoms with van der Waals surface area (Å²) in [4.78, 5) is 24.2. The topological polar surface area (TPSA) is 125 Å². The molecule has 0 aliphatic rings. The first-order valence-corrected chi connectivity index (χ1v) is 15.5. The molecule has 0 aliphatic carbocycles. The van der Waals surface area contributed by atoms with Crippen molar-refractivity contribution in [3.05, 3.63) is 118 Å². The lowest BCUT2D eigenvalue weighted by atomic mass is 10.0. The zero-order valence-electron chi connectivity index (χ0n) is 24.3. The lowest BCUT2D eigenvalue weighted by Crippen LogP contribution is -2.45. The summed E-state index contributed by atoms with van der Waals surface area (Å²) in [5, 5.41) is 7.54. The third-order valence-electron chi connectivity index (χ3n) is 6.12. The smallest absolute Gasteiger partial charge is 0.276 e. The van der Waals surface area contributed by atoms with Crippen molar-refractivity contribution in [1.29, 1.82) is 0 Å². The van der Waals surface area contributed by atoms with E-state index in [1.165, 1.54) is 0 Å². The van der Waals surface area contributed by atoms with Crippen LogP contribution in [-0.4, -0.2) is 35.3 Å². The van der Waals surface area contributed by atoms with Crippen LogP contribution in [0.3, 0.4) is 0 Å². The monoisotopic (exact) mass is 696 g/mol. The molecular weight excluding hydrogens is 667 g/mol. The summed E-state index contributed by atoms with van der Waals surface area (Å²) in [6, 6.07) is 29.1. The molecule has 0 spiro atoms. The summed E-state index contributed by atoms with van der Waals surface area (Å²) < 4.78 is 11.1. The van der Waals surface area contributed by atoms with E-state index in [9.17, 15) is 9.59 Å². The average molecular weight is 698 g/mol. The number of benzene rings is 4. The predicted octanol–water partition coefficient (Wildman–Crippen LogP) is 5.57. The molecule has 0 aromatic heterocycles. The van der Waals surface area contributed by atoms with Gasteiger partial charge in [0.2, 0.25) is 0 Å². The molecule has 6 N–H and O–H groups in total. The van der Waals surface area contributed by atoms with Crippen molar-refractivity contribution in [2.75, 3.05) is 23.8 Å². The number of nitrogens with one attached hydrogen (secondary N) is 6. The fraction of sp³-hybridized carbons (Fsp3) is 0.125. The Hall–Kier alpha value is -4.62. The number of amides is 2. The molecule has 0 bridgehead atoms. The van der Waals surface area contributed by atoms with Gasteiger partial charge in [-0.2, -0.15) is 0 Å². The van der Waals surface area contributed by atoms with Gasteiger partial charge in [-0.05, 0) is 121 Å². The number of carbonyl (C=O) groups excluding carboxylic acids is 2. The van der Waals surface area contributed by atoms with Crippen molar-refractivity contribution in [3.63, 3.8) is 0 Å². The van der Waals surface area contributed by atoms with Crippen LogP contribution in [0, 0.1) is 0 Å². The van der Waals surface area contributed by atoms with E-state index in [1.54, 1.807) is 48.5 Å². The molecule has 0 unspecified atom stereocenters. The highest BCUT2D eigenvalue weighted by molar-refractivity contribution is 7.80. The molecule has 0 saturated heterocycles. The Morgan fingerprint density at radius 2 is 0.870 bits per heavy atom. The molecule has 4 rings (SSSR count). The summed E-state index contributed by atoms with van der Waals surface area (Å²) in [5.41, 5.74) is 13.9. The number of hydrogen-bond acceptors (Lipinski definition) is 6. The van der Waals surface area contributed by atoms with Crippen LogP contribution in [0.1, 0.15) is 11.1 Å². The largest absolute Gasteiger partial charge is 0.484 e. The number of ether oxygens (including phenoxy) is 2. The van der Waals surface area contributed by atoms with Crippen LogP contribution >= 0.6 is 47.6 Å². The van der Waals surface area contributed by atoms with E-state index in [2.05, 4.69) is 32.3 Å². The third kappa shape index (κ3) is 12.4.